The second kappa shape index (κ2) is 8.58. The molecule has 0 atom stereocenters. The van der Waals surface area contributed by atoms with E-state index in [0.717, 1.165) is 6.20 Å². The van der Waals surface area contributed by atoms with Gasteiger partial charge in [0.2, 0.25) is 5.90 Å². The summed E-state index contributed by atoms with van der Waals surface area (Å²) >= 11 is 6.22. The minimum absolute atomic E-state index is 0.0394. The molecule has 7 nitrogen and oxygen atoms in total. The molecule has 0 saturated carbocycles. The molecule has 0 spiro atoms. The van der Waals surface area contributed by atoms with Gasteiger partial charge in [-0.15, -0.1) is 0 Å². The molecule has 10 heteroatoms. The summed E-state index contributed by atoms with van der Waals surface area (Å²) < 4.78 is 38.5. The molecule has 30 heavy (non-hydrogen) atoms. The summed E-state index contributed by atoms with van der Waals surface area (Å²) in [5.41, 5.74) is 1.19. The molecule has 3 heterocycles. The number of hydrogen-bond donors (Lipinski definition) is 1. The zero-order chi connectivity index (χ0) is 22.0. The summed E-state index contributed by atoms with van der Waals surface area (Å²) in [4.78, 5) is 20.7. The molecule has 0 aromatic carbocycles. The van der Waals surface area contributed by atoms with Crippen LogP contribution in [-0.4, -0.2) is 27.5 Å². The summed E-state index contributed by atoms with van der Waals surface area (Å²) in [6.45, 7) is 3.09. The van der Waals surface area contributed by atoms with Crippen LogP contribution < -0.4 is 10.3 Å². The van der Waals surface area contributed by atoms with Gasteiger partial charge in [-0.25, -0.2) is 8.78 Å². The average Bonchev–Trinajstić information content (AvgIpc) is 2.71. The van der Waals surface area contributed by atoms with Crippen molar-refractivity contribution in [3.63, 3.8) is 0 Å². The average molecular weight is 435 g/mol. The molecule has 0 radical (unpaired) electrons. The minimum atomic E-state index is -0.864. The van der Waals surface area contributed by atoms with Gasteiger partial charge < -0.3 is 9.47 Å². The van der Waals surface area contributed by atoms with Crippen LogP contribution in [0.1, 0.15) is 22.6 Å². The van der Waals surface area contributed by atoms with Crippen LogP contribution in [0.15, 0.2) is 35.4 Å². The molecule has 3 rings (SSSR count). The lowest BCUT2D eigenvalue weighted by Gasteiger charge is -2.16. The van der Waals surface area contributed by atoms with Gasteiger partial charge in [0.05, 0.1) is 19.0 Å². The first-order valence-electron chi connectivity index (χ1n) is 8.67. The Labute approximate surface area is 175 Å². The van der Waals surface area contributed by atoms with E-state index in [1.165, 1.54) is 23.9 Å². The van der Waals surface area contributed by atoms with E-state index in [4.69, 9.17) is 26.5 Å². The summed E-state index contributed by atoms with van der Waals surface area (Å²) in [6, 6.07) is 3.76. The standard InChI is InChI=1S/C20H17ClF2N4O3/c1-10-7-25-14(19(24)29-3)6-16(10)27-11(2)4-17(18(21)20(27)28)30-9-15-13(23)5-12(22)8-26-15/h4-8,24H,9H2,1-3H3. The van der Waals surface area contributed by atoms with Gasteiger partial charge in [-0.1, -0.05) is 11.6 Å². The first kappa shape index (κ1) is 21.4. The Morgan fingerprint density at radius 1 is 1.20 bits per heavy atom. The van der Waals surface area contributed by atoms with Gasteiger partial charge in [0, 0.05) is 24.0 Å². The van der Waals surface area contributed by atoms with Crippen molar-refractivity contribution in [2.45, 2.75) is 20.5 Å². The molecular weight excluding hydrogens is 418 g/mol. The van der Waals surface area contributed by atoms with Gasteiger partial charge in [-0.3, -0.25) is 24.7 Å². The highest BCUT2D eigenvalue weighted by atomic mass is 35.5. The van der Waals surface area contributed by atoms with Crippen LogP contribution in [0.3, 0.4) is 0 Å². The number of ether oxygens (including phenoxy) is 2. The Hall–Kier alpha value is -3.33. The lowest BCUT2D eigenvalue weighted by Crippen LogP contribution is -2.23. The zero-order valence-electron chi connectivity index (χ0n) is 16.3. The summed E-state index contributed by atoms with van der Waals surface area (Å²) in [6.07, 6.45) is 2.39. The van der Waals surface area contributed by atoms with E-state index in [-0.39, 0.29) is 34.7 Å². The van der Waals surface area contributed by atoms with E-state index in [9.17, 15) is 13.6 Å². The number of rotatable bonds is 5. The quantitative estimate of drug-likeness (QED) is 0.488. The van der Waals surface area contributed by atoms with Crippen LogP contribution in [-0.2, 0) is 11.3 Å². The van der Waals surface area contributed by atoms with E-state index in [0.29, 0.717) is 23.0 Å². The fourth-order valence-electron chi connectivity index (χ4n) is 2.76. The van der Waals surface area contributed by atoms with Crippen LogP contribution in [0.25, 0.3) is 5.69 Å². The highest BCUT2D eigenvalue weighted by Gasteiger charge is 2.17. The Kier molecular flexibility index (Phi) is 6.12. The largest absolute Gasteiger partial charge is 0.485 e. The first-order valence-corrected chi connectivity index (χ1v) is 9.05. The fourth-order valence-corrected chi connectivity index (χ4v) is 2.96. The van der Waals surface area contributed by atoms with E-state index < -0.39 is 17.2 Å². The third-order valence-corrected chi connectivity index (χ3v) is 4.65. The van der Waals surface area contributed by atoms with Crippen molar-refractivity contribution >= 4 is 17.5 Å². The van der Waals surface area contributed by atoms with Crippen LogP contribution in [0, 0.1) is 30.9 Å². The predicted molar refractivity (Wildman–Crippen MR) is 107 cm³/mol. The van der Waals surface area contributed by atoms with Crippen LogP contribution in [0.4, 0.5) is 8.78 Å². The van der Waals surface area contributed by atoms with Crippen molar-refractivity contribution in [1.82, 2.24) is 14.5 Å². The van der Waals surface area contributed by atoms with E-state index in [1.54, 1.807) is 19.9 Å². The normalized spacial score (nSPS) is 10.7. The maximum absolute atomic E-state index is 13.8. The van der Waals surface area contributed by atoms with Crippen molar-refractivity contribution < 1.29 is 18.3 Å². The van der Waals surface area contributed by atoms with Crippen molar-refractivity contribution in [2.24, 2.45) is 0 Å². The number of pyridine rings is 3. The number of halogens is 3. The van der Waals surface area contributed by atoms with Gasteiger partial charge in [0.1, 0.15) is 34.6 Å². The molecule has 3 aromatic rings. The molecule has 0 amide bonds. The zero-order valence-corrected chi connectivity index (χ0v) is 17.1. The molecule has 156 valence electrons. The molecule has 0 aliphatic carbocycles. The molecule has 0 aliphatic heterocycles. The Balaban J connectivity index is 2.00. The van der Waals surface area contributed by atoms with Gasteiger partial charge in [-0.2, -0.15) is 0 Å². The number of aryl methyl sites for hydroxylation is 2. The molecule has 0 unspecified atom stereocenters. The van der Waals surface area contributed by atoms with E-state index in [2.05, 4.69) is 9.97 Å². The van der Waals surface area contributed by atoms with Gasteiger partial charge in [-0.05, 0) is 25.5 Å². The third kappa shape index (κ3) is 4.16. The highest BCUT2D eigenvalue weighted by molar-refractivity contribution is 6.31. The maximum atomic E-state index is 13.8. The molecule has 0 fully saturated rings. The number of hydrogen-bond acceptors (Lipinski definition) is 6. The topological polar surface area (TPSA) is 90.1 Å². The second-order valence-corrected chi connectivity index (χ2v) is 6.74. The molecule has 1 N–H and O–H groups in total. The molecule has 0 aliphatic rings. The Bertz CT molecular complexity index is 1200. The van der Waals surface area contributed by atoms with Crippen LogP contribution in [0.2, 0.25) is 5.02 Å². The van der Waals surface area contributed by atoms with Crippen molar-refractivity contribution in [3.8, 4) is 11.4 Å². The fraction of sp³-hybridized carbons (Fsp3) is 0.200. The van der Waals surface area contributed by atoms with E-state index in [1.807, 2.05) is 0 Å². The molecule has 3 aromatic heterocycles. The van der Waals surface area contributed by atoms with Crippen LogP contribution in [0.5, 0.6) is 5.75 Å². The second-order valence-electron chi connectivity index (χ2n) is 6.36. The molecule has 0 bridgehead atoms. The predicted octanol–water partition coefficient (Wildman–Crippen LogP) is 3.73. The van der Waals surface area contributed by atoms with Gasteiger partial charge >= 0.3 is 0 Å². The first-order chi connectivity index (χ1) is 14.2. The van der Waals surface area contributed by atoms with Crippen molar-refractivity contribution in [1.29, 1.82) is 5.41 Å². The maximum Gasteiger partial charge on any atom is 0.277 e. The molecule has 0 saturated heterocycles. The van der Waals surface area contributed by atoms with Crippen molar-refractivity contribution in [3.05, 3.63) is 80.2 Å². The van der Waals surface area contributed by atoms with Crippen molar-refractivity contribution in [2.75, 3.05) is 7.11 Å². The summed E-state index contributed by atoms with van der Waals surface area (Å²) in [7, 11) is 1.35. The summed E-state index contributed by atoms with van der Waals surface area (Å²) in [5, 5.41) is 7.56. The smallest absolute Gasteiger partial charge is 0.277 e. The summed E-state index contributed by atoms with van der Waals surface area (Å²) in [5.74, 6) is -1.78. The highest BCUT2D eigenvalue weighted by Crippen LogP contribution is 2.25. The third-order valence-electron chi connectivity index (χ3n) is 4.30. The lowest BCUT2D eigenvalue weighted by molar-refractivity contribution is 0.292. The SMILES string of the molecule is COC(=N)c1cc(-n2c(C)cc(OCc3ncc(F)cc3F)c(Cl)c2=O)c(C)cn1. The Morgan fingerprint density at radius 2 is 1.93 bits per heavy atom. The van der Waals surface area contributed by atoms with Gasteiger partial charge in [0.25, 0.3) is 5.56 Å². The van der Waals surface area contributed by atoms with Gasteiger partial charge in [0.15, 0.2) is 5.82 Å². The number of nitrogens with zero attached hydrogens (tertiary/aromatic N) is 3. The van der Waals surface area contributed by atoms with Crippen LogP contribution >= 0.6 is 11.6 Å². The molecular formula is C20H17ClF2N4O3. The lowest BCUT2D eigenvalue weighted by atomic mass is 10.2. The number of nitrogens with one attached hydrogen (secondary N) is 1. The minimum Gasteiger partial charge on any atom is -0.485 e. The monoisotopic (exact) mass is 434 g/mol. The Morgan fingerprint density at radius 3 is 2.60 bits per heavy atom. The van der Waals surface area contributed by atoms with E-state index >= 15 is 0 Å². The number of methoxy groups -OCH3 is 1. The number of aromatic nitrogens is 3.